The maximum atomic E-state index is 12.8. The number of para-hydroxylation sites is 1. The quantitative estimate of drug-likeness (QED) is 0.263. The molecular formula is C21H17ClN4O2S. The van der Waals surface area contributed by atoms with E-state index in [-0.39, 0.29) is 11.3 Å². The second-order valence-electron chi connectivity index (χ2n) is 6.47. The maximum Gasteiger partial charge on any atom is 0.263 e. The Kier molecular flexibility index (Phi) is 5.25. The number of Topliss-reactive ketones (excluding diaryl/α,β-unsaturated/α-hetero) is 1. The lowest BCUT2D eigenvalue weighted by Crippen LogP contribution is -2.23. The molecule has 29 heavy (non-hydrogen) atoms. The van der Waals surface area contributed by atoms with Crippen molar-refractivity contribution >= 4 is 45.8 Å². The average Bonchev–Trinajstić information content (AvgIpc) is 3.14. The van der Waals surface area contributed by atoms with Crippen LogP contribution in [-0.4, -0.2) is 30.2 Å². The minimum atomic E-state index is -0.417. The van der Waals surface area contributed by atoms with Crippen molar-refractivity contribution in [1.29, 1.82) is 0 Å². The summed E-state index contributed by atoms with van der Waals surface area (Å²) >= 11 is 7.31. The van der Waals surface area contributed by atoms with Gasteiger partial charge in [-0.2, -0.15) is 0 Å². The number of hydrogen-bond acceptors (Lipinski definition) is 5. The SMILES string of the molecule is C=CCn1c(=O)c2ccccc2n2c(SC(C)C(=O)c3cccc(Cl)c3)nnc12. The van der Waals surface area contributed by atoms with E-state index in [0.29, 0.717) is 39.0 Å². The highest BCUT2D eigenvalue weighted by Crippen LogP contribution is 2.27. The van der Waals surface area contributed by atoms with Crippen molar-refractivity contribution in [2.75, 3.05) is 0 Å². The lowest BCUT2D eigenvalue weighted by molar-refractivity contribution is 0.0994. The first-order valence-electron chi connectivity index (χ1n) is 8.95. The summed E-state index contributed by atoms with van der Waals surface area (Å²) in [7, 11) is 0. The average molecular weight is 425 g/mol. The molecule has 6 nitrogen and oxygen atoms in total. The Morgan fingerprint density at radius 2 is 2.03 bits per heavy atom. The van der Waals surface area contributed by atoms with E-state index >= 15 is 0 Å². The van der Waals surface area contributed by atoms with Crippen LogP contribution in [0.15, 0.2) is 71.1 Å². The molecule has 0 radical (unpaired) electrons. The van der Waals surface area contributed by atoms with Crippen LogP contribution >= 0.6 is 23.4 Å². The van der Waals surface area contributed by atoms with Crippen LogP contribution in [0, 0.1) is 0 Å². The van der Waals surface area contributed by atoms with Gasteiger partial charge in [0.1, 0.15) is 0 Å². The largest absolute Gasteiger partial charge is 0.293 e. The van der Waals surface area contributed by atoms with Gasteiger partial charge in [-0.25, -0.2) is 0 Å². The number of benzene rings is 2. The lowest BCUT2D eigenvalue weighted by Gasteiger charge is -2.12. The van der Waals surface area contributed by atoms with Crippen LogP contribution in [0.25, 0.3) is 16.7 Å². The Bertz CT molecular complexity index is 1310. The van der Waals surface area contributed by atoms with Gasteiger partial charge in [-0.3, -0.25) is 18.6 Å². The van der Waals surface area contributed by atoms with Gasteiger partial charge in [0.15, 0.2) is 10.9 Å². The summed E-state index contributed by atoms with van der Waals surface area (Å²) in [5.74, 6) is 0.358. The van der Waals surface area contributed by atoms with E-state index in [9.17, 15) is 9.59 Å². The van der Waals surface area contributed by atoms with Crippen LogP contribution in [0.3, 0.4) is 0 Å². The number of aromatic nitrogens is 4. The van der Waals surface area contributed by atoms with Gasteiger partial charge in [0.05, 0.1) is 16.2 Å². The van der Waals surface area contributed by atoms with E-state index in [1.807, 2.05) is 29.5 Å². The summed E-state index contributed by atoms with van der Waals surface area (Å²) in [5, 5.41) is 9.68. The molecule has 2 heterocycles. The molecule has 146 valence electrons. The molecule has 2 aromatic heterocycles. The highest BCUT2D eigenvalue weighted by molar-refractivity contribution is 8.00. The molecule has 4 aromatic rings. The summed E-state index contributed by atoms with van der Waals surface area (Å²) in [5.41, 5.74) is 1.09. The summed E-state index contributed by atoms with van der Waals surface area (Å²) in [4.78, 5) is 25.7. The van der Waals surface area contributed by atoms with E-state index in [0.717, 1.165) is 0 Å². The molecule has 8 heteroatoms. The second-order valence-corrected chi connectivity index (χ2v) is 8.22. The third kappa shape index (κ3) is 3.47. The van der Waals surface area contributed by atoms with E-state index < -0.39 is 5.25 Å². The van der Waals surface area contributed by atoms with Gasteiger partial charge in [0.2, 0.25) is 5.78 Å². The van der Waals surface area contributed by atoms with Gasteiger partial charge in [-0.1, -0.05) is 53.7 Å². The Labute approximate surface area is 175 Å². The third-order valence-corrected chi connectivity index (χ3v) is 5.83. The van der Waals surface area contributed by atoms with Crippen molar-refractivity contribution in [3.63, 3.8) is 0 Å². The first-order valence-corrected chi connectivity index (χ1v) is 10.2. The van der Waals surface area contributed by atoms with Crippen LogP contribution in [0.1, 0.15) is 17.3 Å². The first-order chi connectivity index (χ1) is 14.0. The van der Waals surface area contributed by atoms with Crippen LogP contribution in [0.5, 0.6) is 0 Å². The van der Waals surface area contributed by atoms with E-state index in [4.69, 9.17) is 11.6 Å². The molecule has 0 aliphatic carbocycles. The molecule has 1 atom stereocenters. The molecule has 0 amide bonds. The molecule has 0 saturated heterocycles. The predicted octanol–water partition coefficient (Wildman–Crippen LogP) is 4.25. The van der Waals surface area contributed by atoms with Crippen molar-refractivity contribution in [3.05, 3.63) is 82.1 Å². The number of fused-ring (bicyclic) bond motifs is 3. The molecular weight excluding hydrogens is 408 g/mol. The Morgan fingerprint density at radius 3 is 2.79 bits per heavy atom. The molecule has 0 aliphatic heterocycles. The summed E-state index contributed by atoms with van der Waals surface area (Å²) in [6.45, 7) is 5.85. The first kappa shape index (κ1) is 19.4. The van der Waals surface area contributed by atoms with Gasteiger partial charge in [-0.15, -0.1) is 16.8 Å². The van der Waals surface area contributed by atoms with Gasteiger partial charge < -0.3 is 0 Å². The molecule has 2 aromatic carbocycles. The van der Waals surface area contributed by atoms with E-state index in [1.165, 1.54) is 16.3 Å². The van der Waals surface area contributed by atoms with Crippen molar-refractivity contribution in [2.45, 2.75) is 23.9 Å². The van der Waals surface area contributed by atoms with E-state index in [1.54, 1.807) is 36.4 Å². The van der Waals surface area contributed by atoms with Gasteiger partial charge in [-0.05, 0) is 31.2 Å². The molecule has 0 N–H and O–H groups in total. The van der Waals surface area contributed by atoms with Gasteiger partial charge in [0, 0.05) is 17.1 Å². The Hall–Kier alpha value is -2.90. The minimum Gasteiger partial charge on any atom is -0.293 e. The van der Waals surface area contributed by atoms with Crippen molar-refractivity contribution in [1.82, 2.24) is 19.2 Å². The zero-order chi connectivity index (χ0) is 20.5. The summed E-state index contributed by atoms with van der Waals surface area (Å²) in [6, 6.07) is 14.2. The topological polar surface area (TPSA) is 69.3 Å². The molecule has 1 unspecified atom stereocenters. The third-order valence-electron chi connectivity index (χ3n) is 4.55. The fourth-order valence-corrected chi connectivity index (χ4v) is 4.31. The molecule has 0 saturated carbocycles. The molecule has 0 bridgehead atoms. The van der Waals surface area contributed by atoms with Crippen LogP contribution in [0.2, 0.25) is 5.02 Å². The molecule has 0 spiro atoms. The number of allylic oxidation sites excluding steroid dienone is 1. The monoisotopic (exact) mass is 424 g/mol. The van der Waals surface area contributed by atoms with Crippen molar-refractivity contribution < 1.29 is 4.79 Å². The standard InChI is InChI=1S/C21H17ClN4O2S/c1-3-11-25-19(28)16-9-4-5-10-17(16)26-20(25)23-24-21(26)29-13(2)18(27)14-7-6-8-15(22)12-14/h3-10,12-13H,1,11H2,2H3. The minimum absolute atomic E-state index is 0.0574. The van der Waals surface area contributed by atoms with Crippen LogP contribution < -0.4 is 5.56 Å². The molecule has 0 aliphatic rings. The number of halogens is 1. The number of hydrogen-bond donors (Lipinski definition) is 0. The predicted molar refractivity (Wildman–Crippen MR) is 116 cm³/mol. The highest BCUT2D eigenvalue weighted by Gasteiger charge is 2.22. The smallest absolute Gasteiger partial charge is 0.263 e. The fourth-order valence-electron chi connectivity index (χ4n) is 3.19. The number of thioether (sulfide) groups is 1. The van der Waals surface area contributed by atoms with E-state index in [2.05, 4.69) is 16.8 Å². The van der Waals surface area contributed by atoms with Gasteiger partial charge >= 0.3 is 0 Å². The summed E-state index contributed by atoms with van der Waals surface area (Å²) in [6.07, 6.45) is 1.64. The van der Waals surface area contributed by atoms with Crippen molar-refractivity contribution in [3.8, 4) is 0 Å². The maximum absolute atomic E-state index is 12.8. The Balaban J connectivity index is 1.82. The highest BCUT2D eigenvalue weighted by atomic mass is 35.5. The summed E-state index contributed by atoms with van der Waals surface area (Å²) < 4.78 is 3.34. The normalized spacial score (nSPS) is 12.3. The number of ketones is 1. The lowest BCUT2D eigenvalue weighted by atomic mass is 10.1. The number of nitrogens with zero attached hydrogens (tertiary/aromatic N) is 4. The fraction of sp³-hybridized carbons (Fsp3) is 0.143. The molecule has 0 fully saturated rings. The molecule has 4 rings (SSSR count). The van der Waals surface area contributed by atoms with Crippen LogP contribution in [0.4, 0.5) is 0 Å². The second kappa shape index (κ2) is 7.85. The van der Waals surface area contributed by atoms with Crippen LogP contribution in [-0.2, 0) is 6.54 Å². The Morgan fingerprint density at radius 1 is 1.24 bits per heavy atom. The zero-order valence-corrected chi connectivity index (χ0v) is 17.2. The number of carbonyl (C=O) groups excluding carboxylic acids is 1. The number of carbonyl (C=O) groups is 1. The zero-order valence-electron chi connectivity index (χ0n) is 15.6. The van der Waals surface area contributed by atoms with Crippen molar-refractivity contribution in [2.24, 2.45) is 0 Å². The van der Waals surface area contributed by atoms with Gasteiger partial charge in [0.25, 0.3) is 5.56 Å². The number of rotatable bonds is 6.